The van der Waals surface area contributed by atoms with Crippen LogP contribution in [0.25, 0.3) is 11.0 Å². The van der Waals surface area contributed by atoms with Crippen LogP contribution < -0.4 is 29.0 Å². The molecule has 0 aliphatic rings. The van der Waals surface area contributed by atoms with E-state index in [0.717, 1.165) is 11.1 Å². The molecule has 0 radical (unpaired) electrons. The molecule has 1 aromatic heterocycles. The summed E-state index contributed by atoms with van der Waals surface area (Å²) in [5, 5.41) is 11.5. The molecule has 0 bridgehead atoms. The smallest absolute Gasteiger partial charge is 0.247 e. The SMILES string of the molecule is COc1ccc(CCN(C(=O)Cn2nnc3ccccc32)C(C(=O)NCc2ccccc2)c2cc(OC)c(OC)c(OC)c2)cc1OC. The lowest BCUT2D eigenvalue weighted by molar-refractivity contribution is -0.141. The molecule has 0 fully saturated rings. The highest BCUT2D eigenvalue weighted by molar-refractivity contribution is 5.89. The van der Waals surface area contributed by atoms with E-state index in [4.69, 9.17) is 23.7 Å². The maximum atomic E-state index is 14.5. The zero-order valence-electron chi connectivity index (χ0n) is 27.6. The predicted molar refractivity (Wildman–Crippen MR) is 180 cm³/mol. The van der Waals surface area contributed by atoms with Crippen molar-refractivity contribution in [1.82, 2.24) is 25.2 Å². The van der Waals surface area contributed by atoms with Gasteiger partial charge >= 0.3 is 0 Å². The summed E-state index contributed by atoms with van der Waals surface area (Å²) in [6.07, 6.45) is 0.400. The average molecular weight is 654 g/mol. The van der Waals surface area contributed by atoms with Crippen molar-refractivity contribution in [2.75, 3.05) is 42.1 Å². The van der Waals surface area contributed by atoms with Gasteiger partial charge in [-0.05, 0) is 59.5 Å². The van der Waals surface area contributed by atoms with Gasteiger partial charge in [-0.1, -0.05) is 53.7 Å². The van der Waals surface area contributed by atoms with Gasteiger partial charge in [-0.2, -0.15) is 0 Å². The topological polar surface area (TPSA) is 126 Å². The van der Waals surface area contributed by atoms with Crippen LogP contribution in [0, 0.1) is 0 Å². The molecule has 0 saturated heterocycles. The van der Waals surface area contributed by atoms with Crippen LogP contribution in [0.5, 0.6) is 28.7 Å². The van der Waals surface area contributed by atoms with E-state index in [1.165, 1.54) is 26.0 Å². The largest absolute Gasteiger partial charge is 0.493 e. The lowest BCUT2D eigenvalue weighted by Gasteiger charge is -2.32. The standard InChI is InChI=1S/C36H39N5O7/c1-44-29-16-15-24(19-30(29)45-2)17-18-40(33(42)23-41-28-14-10-9-13-27(28)38-39-41)34(36(43)37-22-25-11-7-6-8-12-25)26-20-31(46-3)35(48-5)32(21-26)47-4/h6-16,19-21,34H,17-18,22-23H2,1-5H3,(H,37,43). The second-order valence-corrected chi connectivity index (χ2v) is 10.8. The maximum absolute atomic E-state index is 14.5. The summed E-state index contributed by atoms with van der Waals surface area (Å²) in [6.45, 7) is 0.270. The molecule has 1 atom stereocenters. The van der Waals surface area contributed by atoms with Gasteiger partial charge in [0.05, 0.1) is 41.1 Å². The number of nitrogens with zero attached hydrogens (tertiary/aromatic N) is 4. The van der Waals surface area contributed by atoms with E-state index < -0.39 is 11.9 Å². The third-order valence-electron chi connectivity index (χ3n) is 7.99. The number of carbonyl (C=O) groups excluding carboxylic acids is 2. The monoisotopic (exact) mass is 653 g/mol. The number of carbonyl (C=O) groups is 2. The fourth-order valence-corrected chi connectivity index (χ4v) is 5.55. The molecule has 2 amide bonds. The highest BCUT2D eigenvalue weighted by Gasteiger charge is 2.33. The quantitative estimate of drug-likeness (QED) is 0.173. The number of benzene rings is 4. The van der Waals surface area contributed by atoms with Crippen molar-refractivity contribution in [3.63, 3.8) is 0 Å². The number of ether oxygens (including phenoxy) is 5. The fourth-order valence-electron chi connectivity index (χ4n) is 5.55. The van der Waals surface area contributed by atoms with Crippen molar-refractivity contribution in [3.05, 3.63) is 102 Å². The third kappa shape index (κ3) is 7.43. The van der Waals surface area contributed by atoms with Crippen molar-refractivity contribution in [3.8, 4) is 28.7 Å². The lowest BCUT2D eigenvalue weighted by Crippen LogP contribution is -2.45. The highest BCUT2D eigenvalue weighted by atomic mass is 16.5. The number of fused-ring (bicyclic) bond motifs is 1. The predicted octanol–water partition coefficient (Wildman–Crippen LogP) is 4.60. The Morgan fingerprint density at radius 3 is 2.08 bits per heavy atom. The van der Waals surface area contributed by atoms with Crippen LogP contribution in [0.15, 0.2) is 84.9 Å². The molecular formula is C36H39N5O7. The highest BCUT2D eigenvalue weighted by Crippen LogP contribution is 2.41. The van der Waals surface area contributed by atoms with Gasteiger partial charge < -0.3 is 33.9 Å². The van der Waals surface area contributed by atoms with E-state index in [0.29, 0.717) is 51.8 Å². The first-order valence-electron chi connectivity index (χ1n) is 15.3. The Morgan fingerprint density at radius 1 is 0.750 bits per heavy atom. The van der Waals surface area contributed by atoms with Gasteiger partial charge in [0, 0.05) is 13.1 Å². The zero-order valence-corrected chi connectivity index (χ0v) is 27.6. The molecule has 1 unspecified atom stereocenters. The molecule has 250 valence electrons. The maximum Gasteiger partial charge on any atom is 0.247 e. The minimum Gasteiger partial charge on any atom is -0.493 e. The molecule has 0 aliphatic carbocycles. The molecule has 5 aromatic rings. The van der Waals surface area contributed by atoms with E-state index >= 15 is 0 Å². The van der Waals surface area contributed by atoms with Gasteiger partial charge in [0.2, 0.25) is 17.6 Å². The summed E-state index contributed by atoms with van der Waals surface area (Å²) < 4.78 is 29.3. The van der Waals surface area contributed by atoms with E-state index in [9.17, 15) is 9.59 Å². The molecular weight excluding hydrogens is 614 g/mol. The van der Waals surface area contributed by atoms with Gasteiger partial charge in [-0.15, -0.1) is 5.10 Å². The number of para-hydroxylation sites is 1. The molecule has 5 rings (SSSR count). The first-order valence-corrected chi connectivity index (χ1v) is 15.3. The molecule has 0 aliphatic heterocycles. The Bertz CT molecular complexity index is 1840. The molecule has 48 heavy (non-hydrogen) atoms. The van der Waals surface area contributed by atoms with Crippen LogP contribution >= 0.6 is 0 Å². The van der Waals surface area contributed by atoms with E-state index in [-0.39, 0.29) is 25.5 Å². The van der Waals surface area contributed by atoms with Crippen molar-refractivity contribution in [2.24, 2.45) is 0 Å². The number of amides is 2. The summed E-state index contributed by atoms with van der Waals surface area (Å²) in [4.78, 5) is 30.3. The first-order chi connectivity index (χ1) is 23.4. The Hall–Kier alpha value is -5.78. The van der Waals surface area contributed by atoms with Crippen molar-refractivity contribution >= 4 is 22.8 Å². The van der Waals surface area contributed by atoms with Gasteiger partial charge in [-0.3, -0.25) is 9.59 Å². The van der Waals surface area contributed by atoms with Gasteiger partial charge in [-0.25, -0.2) is 4.68 Å². The minimum atomic E-state index is -1.09. The number of hydrogen-bond acceptors (Lipinski definition) is 9. The first kappa shape index (κ1) is 33.6. The van der Waals surface area contributed by atoms with Crippen molar-refractivity contribution < 1.29 is 33.3 Å². The number of nitrogens with one attached hydrogen (secondary N) is 1. The lowest BCUT2D eigenvalue weighted by atomic mass is 10.0. The second kappa shape index (κ2) is 15.7. The minimum absolute atomic E-state index is 0.153. The summed E-state index contributed by atoms with van der Waals surface area (Å²) in [7, 11) is 7.65. The van der Waals surface area contributed by atoms with E-state index in [1.54, 1.807) is 31.3 Å². The number of methoxy groups -OCH3 is 5. The van der Waals surface area contributed by atoms with Gasteiger partial charge in [0.1, 0.15) is 18.1 Å². The van der Waals surface area contributed by atoms with E-state index in [1.807, 2.05) is 72.8 Å². The van der Waals surface area contributed by atoms with E-state index in [2.05, 4.69) is 15.6 Å². The molecule has 4 aromatic carbocycles. The summed E-state index contributed by atoms with van der Waals surface area (Å²) in [5.41, 5.74) is 3.61. The second-order valence-electron chi connectivity index (χ2n) is 10.8. The molecule has 0 spiro atoms. The normalized spacial score (nSPS) is 11.4. The third-order valence-corrected chi connectivity index (χ3v) is 7.99. The van der Waals surface area contributed by atoms with Crippen LogP contribution in [0.3, 0.4) is 0 Å². The molecule has 0 saturated carbocycles. The summed E-state index contributed by atoms with van der Waals surface area (Å²) in [5.74, 6) is 1.47. The average Bonchev–Trinajstić information content (AvgIpc) is 3.54. The Morgan fingerprint density at radius 2 is 1.42 bits per heavy atom. The van der Waals surface area contributed by atoms with Crippen LogP contribution in [0.1, 0.15) is 22.7 Å². The van der Waals surface area contributed by atoms with Crippen LogP contribution in [-0.4, -0.2) is 73.8 Å². The molecule has 12 nitrogen and oxygen atoms in total. The fraction of sp³-hybridized carbons (Fsp3) is 0.278. The summed E-state index contributed by atoms with van der Waals surface area (Å²) >= 11 is 0. The van der Waals surface area contributed by atoms with Crippen LogP contribution in [0.2, 0.25) is 0 Å². The van der Waals surface area contributed by atoms with Crippen LogP contribution in [0.4, 0.5) is 0 Å². The molecule has 12 heteroatoms. The number of rotatable bonds is 15. The van der Waals surface area contributed by atoms with Gasteiger partial charge in [0.15, 0.2) is 23.0 Å². The zero-order chi connectivity index (χ0) is 34.0. The molecule has 1 heterocycles. The van der Waals surface area contributed by atoms with Crippen LogP contribution in [-0.2, 0) is 29.1 Å². The Labute approximate surface area is 279 Å². The number of aromatic nitrogens is 3. The molecule has 1 N–H and O–H groups in total. The Balaban J connectivity index is 1.58. The van der Waals surface area contributed by atoms with Gasteiger partial charge in [0.25, 0.3) is 0 Å². The summed E-state index contributed by atoms with van der Waals surface area (Å²) in [6, 6.07) is 24.8. The Kier molecular flexibility index (Phi) is 11.0. The van der Waals surface area contributed by atoms with Crippen molar-refractivity contribution in [1.29, 1.82) is 0 Å². The van der Waals surface area contributed by atoms with Crippen molar-refractivity contribution in [2.45, 2.75) is 25.6 Å². The number of hydrogen-bond donors (Lipinski definition) is 1.